The summed E-state index contributed by atoms with van der Waals surface area (Å²) in [7, 11) is 1.86. The number of rotatable bonds is 2. The Morgan fingerprint density at radius 3 is 2.71 bits per heavy atom. The van der Waals surface area contributed by atoms with Gasteiger partial charge in [-0.1, -0.05) is 18.2 Å². The van der Waals surface area contributed by atoms with E-state index in [0.717, 1.165) is 37.0 Å². The summed E-state index contributed by atoms with van der Waals surface area (Å²) in [5.41, 5.74) is 0.561. The molecular weight excluding hydrogens is 356 g/mol. The van der Waals surface area contributed by atoms with E-state index in [9.17, 15) is 9.59 Å². The Morgan fingerprint density at radius 2 is 2.04 bits per heavy atom. The SMILES string of the molecule is CC(=O)N(C)C1CCC2(CC1)CN(C(=O)c1ncc[nH]1)Cc1ccccc1O2. The van der Waals surface area contributed by atoms with Gasteiger partial charge in [-0.3, -0.25) is 9.59 Å². The van der Waals surface area contributed by atoms with E-state index in [4.69, 9.17) is 4.74 Å². The summed E-state index contributed by atoms with van der Waals surface area (Å²) in [4.78, 5) is 35.5. The minimum atomic E-state index is -0.441. The van der Waals surface area contributed by atoms with E-state index in [1.165, 1.54) is 0 Å². The van der Waals surface area contributed by atoms with Gasteiger partial charge >= 0.3 is 0 Å². The minimum absolute atomic E-state index is 0.0858. The van der Waals surface area contributed by atoms with Crippen molar-refractivity contribution in [1.82, 2.24) is 19.8 Å². The highest BCUT2D eigenvalue weighted by atomic mass is 16.5. The maximum absolute atomic E-state index is 13.0. The summed E-state index contributed by atoms with van der Waals surface area (Å²) < 4.78 is 6.54. The van der Waals surface area contributed by atoms with E-state index in [1.54, 1.807) is 19.3 Å². The fourth-order valence-corrected chi connectivity index (χ4v) is 4.32. The molecule has 0 unspecified atom stereocenters. The zero-order chi connectivity index (χ0) is 19.7. The second-order valence-corrected chi connectivity index (χ2v) is 7.85. The van der Waals surface area contributed by atoms with Gasteiger partial charge in [-0.15, -0.1) is 0 Å². The van der Waals surface area contributed by atoms with Crippen molar-refractivity contribution in [2.75, 3.05) is 13.6 Å². The van der Waals surface area contributed by atoms with Crippen molar-refractivity contribution in [3.63, 3.8) is 0 Å². The first-order valence-electron chi connectivity index (χ1n) is 9.76. The maximum Gasteiger partial charge on any atom is 0.290 e. The lowest BCUT2D eigenvalue weighted by molar-refractivity contribution is -0.131. The van der Waals surface area contributed by atoms with Crippen LogP contribution in [0.2, 0.25) is 0 Å². The van der Waals surface area contributed by atoms with Crippen molar-refractivity contribution in [3.05, 3.63) is 48.0 Å². The zero-order valence-corrected chi connectivity index (χ0v) is 16.4. The van der Waals surface area contributed by atoms with Crippen LogP contribution in [0.3, 0.4) is 0 Å². The van der Waals surface area contributed by atoms with Gasteiger partial charge < -0.3 is 19.5 Å². The number of fused-ring (bicyclic) bond motifs is 1. The largest absolute Gasteiger partial charge is 0.485 e. The number of hydrogen-bond donors (Lipinski definition) is 1. The summed E-state index contributed by atoms with van der Waals surface area (Å²) in [6.45, 7) is 2.61. The average molecular weight is 382 g/mol. The van der Waals surface area contributed by atoms with Gasteiger partial charge in [-0.2, -0.15) is 0 Å². The number of aromatic nitrogens is 2. The van der Waals surface area contributed by atoms with E-state index in [1.807, 2.05) is 41.1 Å². The third-order valence-electron chi connectivity index (χ3n) is 6.04. The molecule has 4 rings (SSSR count). The molecule has 0 atom stereocenters. The van der Waals surface area contributed by atoms with E-state index in [0.29, 0.717) is 18.9 Å². The molecule has 1 N–H and O–H groups in total. The number of carbonyl (C=O) groups is 2. The highest BCUT2D eigenvalue weighted by Crippen LogP contribution is 2.39. The highest BCUT2D eigenvalue weighted by molar-refractivity contribution is 5.90. The van der Waals surface area contributed by atoms with Crippen LogP contribution in [-0.4, -0.2) is 56.8 Å². The third kappa shape index (κ3) is 3.48. The number of nitrogens with zero attached hydrogens (tertiary/aromatic N) is 3. The Morgan fingerprint density at radius 1 is 1.29 bits per heavy atom. The lowest BCUT2D eigenvalue weighted by Gasteiger charge is -2.43. The van der Waals surface area contributed by atoms with E-state index < -0.39 is 5.60 Å². The molecule has 1 saturated carbocycles. The minimum Gasteiger partial charge on any atom is -0.485 e. The topological polar surface area (TPSA) is 78.5 Å². The van der Waals surface area contributed by atoms with Crippen molar-refractivity contribution in [3.8, 4) is 5.75 Å². The first-order chi connectivity index (χ1) is 13.5. The Labute approximate surface area is 164 Å². The number of imidazole rings is 1. The average Bonchev–Trinajstić information content (AvgIpc) is 3.18. The first kappa shape index (κ1) is 18.5. The van der Waals surface area contributed by atoms with Gasteiger partial charge in [-0.25, -0.2) is 4.98 Å². The summed E-state index contributed by atoms with van der Waals surface area (Å²) in [6, 6.07) is 8.14. The van der Waals surface area contributed by atoms with Gasteiger partial charge in [0, 0.05) is 44.5 Å². The fourth-order valence-electron chi connectivity index (χ4n) is 4.32. The Hall–Kier alpha value is -2.83. The number of carbonyl (C=O) groups excluding carboxylic acids is 2. The van der Waals surface area contributed by atoms with E-state index in [2.05, 4.69) is 9.97 Å². The lowest BCUT2D eigenvalue weighted by Crippen LogP contribution is -2.52. The zero-order valence-electron chi connectivity index (χ0n) is 16.4. The monoisotopic (exact) mass is 382 g/mol. The fraction of sp³-hybridized carbons (Fsp3) is 0.476. The van der Waals surface area contributed by atoms with Gasteiger partial charge in [0.25, 0.3) is 5.91 Å². The molecule has 1 aromatic carbocycles. The van der Waals surface area contributed by atoms with Crippen LogP contribution >= 0.6 is 0 Å². The molecular formula is C21H26N4O3. The molecule has 2 heterocycles. The van der Waals surface area contributed by atoms with Crippen molar-refractivity contribution in [2.24, 2.45) is 0 Å². The smallest absolute Gasteiger partial charge is 0.290 e. The van der Waals surface area contributed by atoms with E-state index in [-0.39, 0.29) is 17.9 Å². The Kier molecular flexibility index (Phi) is 4.83. The van der Waals surface area contributed by atoms with Gasteiger partial charge in [-0.05, 0) is 31.7 Å². The Bertz CT molecular complexity index is 856. The van der Waals surface area contributed by atoms with Crippen molar-refractivity contribution in [1.29, 1.82) is 0 Å². The summed E-state index contributed by atoms with van der Waals surface area (Å²) in [5.74, 6) is 1.16. The number of nitrogens with one attached hydrogen (secondary N) is 1. The van der Waals surface area contributed by atoms with Gasteiger partial charge in [0.1, 0.15) is 11.4 Å². The van der Waals surface area contributed by atoms with Gasteiger partial charge in [0.05, 0.1) is 6.54 Å². The molecule has 2 amide bonds. The van der Waals surface area contributed by atoms with Crippen LogP contribution in [0.5, 0.6) is 5.75 Å². The number of aromatic amines is 1. The van der Waals surface area contributed by atoms with Crippen LogP contribution in [0.1, 0.15) is 48.8 Å². The highest BCUT2D eigenvalue weighted by Gasteiger charge is 2.43. The van der Waals surface area contributed by atoms with Crippen molar-refractivity contribution in [2.45, 2.75) is 50.8 Å². The predicted octanol–water partition coefficient (Wildman–Crippen LogP) is 2.60. The molecule has 2 aromatic rings. The molecule has 1 fully saturated rings. The Balaban J connectivity index is 1.60. The molecule has 0 bridgehead atoms. The second-order valence-electron chi connectivity index (χ2n) is 7.85. The molecule has 7 heteroatoms. The number of ether oxygens (including phenoxy) is 1. The number of H-pyrrole nitrogens is 1. The molecule has 1 aromatic heterocycles. The lowest BCUT2D eigenvalue weighted by atomic mass is 9.81. The molecule has 2 aliphatic rings. The van der Waals surface area contributed by atoms with Gasteiger partial charge in [0.2, 0.25) is 5.91 Å². The standard InChI is InChI=1S/C21H26N4O3/c1-15(26)24(2)17-7-9-21(10-8-17)14-25(20(27)19-22-11-12-23-19)13-16-5-3-4-6-18(16)28-21/h3-6,11-12,17H,7-10,13-14H2,1-2H3,(H,22,23). The summed E-state index contributed by atoms with van der Waals surface area (Å²) in [6.07, 6.45) is 6.57. The third-order valence-corrected chi connectivity index (χ3v) is 6.04. The number of hydrogen-bond acceptors (Lipinski definition) is 4. The van der Waals surface area contributed by atoms with Crippen molar-refractivity contribution >= 4 is 11.8 Å². The number of benzene rings is 1. The second kappa shape index (κ2) is 7.30. The van der Waals surface area contributed by atoms with Crippen LogP contribution < -0.4 is 4.74 Å². The molecule has 1 aliphatic heterocycles. The normalized spacial score (nSPS) is 24.2. The number of para-hydroxylation sites is 1. The van der Waals surface area contributed by atoms with Crippen LogP contribution in [0.4, 0.5) is 0 Å². The number of amides is 2. The van der Waals surface area contributed by atoms with Crippen molar-refractivity contribution < 1.29 is 14.3 Å². The summed E-state index contributed by atoms with van der Waals surface area (Å²) >= 11 is 0. The molecule has 1 spiro atoms. The molecule has 148 valence electrons. The molecule has 7 nitrogen and oxygen atoms in total. The van der Waals surface area contributed by atoms with Gasteiger partial charge in [0.15, 0.2) is 5.82 Å². The molecule has 0 saturated heterocycles. The maximum atomic E-state index is 13.0. The quantitative estimate of drug-likeness (QED) is 0.866. The predicted molar refractivity (Wildman–Crippen MR) is 104 cm³/mol. The van der Waals surface area contributed by atoms with Crippen LogP contribution in [-0.2, 0) is 11.3 Å². The molecule has 28 heavy (non-hydrogen) atoms. The van der Waals surface area contributed by atoms with Crippen LogP contribution in [0, 0.1) is 0 Å². The van der Waals surface area contributed by atoms with Crippen LogP contribution in [0.15, 0.2) is 36.7 Å². The van der Waals surface area contributed by atoms with E-state index >= 15 is 0 Å². The van der Waals surface area contributed by atoms with Crippen LogP contribution in [0.25, 0.3) is 0 Å². The molecule has 0 radical (unpaired) electrons. The summed E-state index contributed by atoms with van der Waals surface area (Å²) in [5, 5.41) is 0. The first-order valence-corrected chi connectivity index (χ1v) is 9.76. The molecule has 1 aliphatic carbocycles.